The SMILES string of the molecule is O=C([O-])Cc1ccc(C(=O)CSc2ccccc2)s1. The Bertz CT molecular complexity index is 575. The minimum absolute atomic E-state index is 0.0171. The van der Waals surface area contributed by atoms with E-state index in [4.69, 9.17) is 0 Å². The molecule has 1 heterocycles. The average molecular weight is 291 g/mol. The molecule has 0 aliphatic carbocycles. The number of rotatable bonds is 6. The van der Waals surface area contributed by atoms with Gasteiger partial charge in [0.25, 0.3) is 0 Å². The van der Waals surface area contributed by atoms with Gasteiger partial charge in [0, 0.05) is 22.2 Å². The lowest BCUT2D eigenvalue weighted by molar-refractivity contribution is -0.304. The molecule has 3 nitrogen and oxygen atoms in total. The number of carboxylic acid groups (broad SMARTS) is 1. The van der Waals surface area contributed by atoms with E-state index in [9.17, 15) is 14.7 Å². The predicted molar refractivity (Wildman–Crippen MR) is 74.5 cm³/mol. The zero-order valence-corrected chi connectivity index (χ0v) is 11.6. The lowest BCUT2D eigenvalue weighted by atomic mass is 10.3. The molecule has 0 spiro atoms. The molecule has 0 aliphatic heterocycles. The summed E-state index contributed by atoms with van der Waals surface area (Å²) in [6, 6.07) is 13.0. The molecule has 1 aromatic heterocycles. The van der Waals surface area contributed by atoms with Gasteiger partial charge in [-0.3, -0.25) is 4.79 Å². The van der Waals surface area contributed by atoms with Gasteiger partial charge in [-0.25, -0.2) is 0 Å². The molecule has 0 saturated heterocycles. The largest absolute Gasteiger partial charge is 0.550 e. The summed E-state index contributed by atoms with van der Waals surface area (Å²) in [5.74, 6) is -0.752. The molecule has 1 aromatic carbocycles. The van der Waals surface area contributed by atoms with Gasteiger partial charge in [-0.05, 0) is 24.3 Å². The molecule has 0 N–H and O–H groups in total. The molecule has 0 unspecified atom stereocenters. The van der Waals surface area contributed by atoms with Crippen LogP contribution in [0.15, 0.2) is 47.4 Å². The van der Waals surface area contributed by atoms with Crippen LogP contribution in [0, 0.1) is 0 Å². The van der Waals surface area contributed by atoms with Crippen LogP contribution >= 0.6 is 23.1 Å². The van der Waals surface area contributed by atoms with Gasteiger partial charge in [-0.15, -0.1) is 23.1 Å². The summed E-state index contributed by atoms with van der Waals surface area (Å²) in [6.45, 7) is 0. The number of thiophene rings is 1. The summed E-state index contributed by atoms with van der Waals surface area (Å²) < 4.78 is 0. The molecule has 0 atom stereocenters. The first-order chi connectivity index (χ1) is 9.15. The fourth-order valence-corrected chi connectivity index (χ4v) is 3.33. The van der Waals surface area contributed by atoms with Crippen LogP contribution in [0.3, 0.4) is 0 Å². The second-order valence-corrected chi connectivity index (χ2v) is 6.06. The number of hydrogen-bond donors (Lipinski definition) is 0. The number of aliphatic carboxylic acids is 1. The standard InChI is InChI=1S/C14H12O3S2/c15-12(9-18-10-4-2-1-3-5-10)13-7-6-11(19-13)8-14(16)17/h1-7H,8-9H2,(H,16,17)/p-1. The Morgan fingerprint density at radius 1 is 1.11 bits per heavy atom. The fourth-order valence-electron chi connectivity index (χ4n) is 1.50. The van der Waals surface area contributed by atoms with Crippen LogP contribution in [-0.2, 0) is 11.2 Å². The zero-order chi connectivity index (χ0) is 13.7. The Morgan fingerprint density at radius 2 is 1.84 bits per heavy atom. The minimum atomic E-state index is -1.13. The third-order valence-electron chi connectivity index (χ3n) is 2.37. The molecule has 0 amide bonds. The summed E-state index contributed by atoms with van der Waals surface area (Å²) in [7, 11) is 0. The Kier molecular flexibility index (Phi) is 4.76. The van der Waals surface area contributed by atoms with Crippen molar-refractivity contribution in [2.45, 2.75) is 11.3 Å². The third kappa shape index (κ3) is 4.22. The molecule has 0 fully saturated rings. The molecule has 5 heteroatoms. The van der Waals surface area contributed by atoms with Crippen LogP contribution in [0.5, 0.6) is 0 Å². The van der Waals surface area contributed by atoms with Crippen LogP contribution < -0.4 is 5.11 Å². The highest BCUT2D eigenvalue weighted by molar-refractivity contribution is 8.00. The maximum atomic E-state index is 11.9. The Balaban J connectivity index is 1.93. The molecular formula is C14H11O3S2-. The number of carboxylic acids is 1. The molecule has 0 bridgehead atoms. The van der Waals surface area contributed by atoms with Crippen LogP contribution in [-0.4, -0.2) is 17.5 Å². The first-order valence-electron chi connectivity index (χ1n) is 5.65. The van der Waals surface area contributed by atoms with E-state index in [1.54, 1.807) is 12.1 Å². The number of thioether (sulfide) groups is 1. The van der Waals surface area contributed by atoms with Crippen molar-refractivity contribution < 1.29 is 14.7 Å². The number of Topliss-reactive ketones (excluding diaryl/α,β-unsaturated/α-hetero) is 1. The van der Waals surface area contributed by atoms with Gasteiger partial charge in [-0.2, -0.15) is 0 Å². The van der Waals surface area contributed by atoms with Crippen molar-refractivity contribution in [1.29, 1.82) is 0 Å². The Morgan fingerprint density at radius 3 is 2.53 bits per heavy atom. The van der Waals surface area contributed by atoms with E-state index >= 15 is 0 Å². The lowest BCUT2D eigenvalue weighted by Gasteiger charge is -1.99. The first-order valence-corrected chi connectivity index (χ1v) is 7.45. The van der Waals surface area contributed by atoms with Gasteiger partial charge in [0.2, 0.25) is 0 Å². The van der Waals surface area contributed by atoms with E-state index in [1.165, 1.54) is 23.1 Å². The Labute approximate surface area is 119 Å². The third-order valence-corrected chi connectivity index (χ3v) is 4.51. The molecule has 2 aromatic rings. The number of carbonyl (C=O) groups excluding carboxylic acids is 2. The van der Waals surface area contributed by atoms with E-state index in [-0.39, 0.29) is 12.2 Å². The quantitative estimate of drug-likeness (QED) is 0.603. The van der Waals surface area contributed by atoms with E-state index < -0.39 is 5.97 Å². The van der Waals surface area contributed by atoms with E-state index in [2.05, 4.69) is 0 Å². The van der Waals surface area contributed by atoms with Gasteiger partial charge in [0.15, 0.2) is 5.78 Å². The lowest BCUT2D eigenvalue weighted by Crippen LogP contribution is -2.23. The van der Waals surface area contributed by atoms with Crippen molar-refractivity contribution in [2.75, 3.05) is 5.75 Å². The normalized spacial score (nSPS) is 10.3. The second kappa shape index (κ2) is 6.54. The highest BCUT2D eigenvalue weighted by Gasteiger charge is 2.10. The number of benzene rings is 1. The maximum absolute atomic E-state index is 11.9. The van der Waals surface area contributed by atoms with Crippen molar-refractivity contribution in [3.05, 3.63) is 52.2 Å². The Hall–Kier alpha value is -1.59. The van der Waals surface area contributed by atoms with E-state index in [0.29, 0.717) is 15.5 Å². The maximum Gasteiger partial charge on any atom is 0.182 e. The van der Waals surface area contributed by atoms with Gasteiger partial charge >= 0.3 is 0 Å². The van der Waals surface area contributed by atoms with Crippen molar-refractivity contribution in [2.24, 2.45) is 0 Å². The molecule has 0 aliphatic rings. The molecule has 98 valence electrons. The summed E-state index contributed by atoms with van der Waals surface area (Å²) in [4.78, 5) is 24.7. The van der Waals surface area contributed by atoms with E-state index in [1.807, 2.05) is 30.3 Å². The molecule has 0 saturated carbocycles. The van der Waals surface area contributed by atoms with Crippen molar-refractivity contribution in [3.63, 3.8) is 0 Å². The van der Waals surface area contributed by atoms with Crippen molar-refractivity contribution in [3.8, 4) is 0 Å². The predicted octanol–water partition coefficient (Wildman–Crippen LogP) is 2.02. The summed E-state index contributed by atoms with van der Waals surface area (Å²) in [6.07, 6.45) is -0.135. The van der Waals surface area contributed by atoms with Gasteiger partial charge in [0.1, 0.15) is 0 Å². The number of ketones is 1. The van der Waals surface area contributed by atoms with Crippen molar-refractivity contribution in [1.82, 2.24) is 0 Å². The van der Waals surface area contributed by atoms with Crippen LogP contribution in [0.1, 0.15) is 14.5 Å². The highest BCUT2D eigenvalue weighted by Crippen LogP contribution is 2.22. The molecule has 0 radical (unpaired) electrons. The van der Waals surface area contributed by atoms with Crippen LogP contribution in [0.2, 0.25) is 0 Å². The average Bonchev–Trinajstić information content (AvgIpc) is 2.85. The van der Waals surface area contributed by atoms with Gasteiger partial charge < -0.3 is 9.90 Å². The summed E-state index contributed by atoms with van der Waals surface area (Å²) >= 11 is 2.70. The van der Waals surface area contributed by atoms with Crippen molar-refractivity contribution >= 4 is 34.9 Å². The summed E-state index contributed by atoms with van der Waals surface area (Å²) in [5.41, 5.74) is 0. The van der Waals surface area contributed by atoms with Crippen LogP contribution in [0.25, 0.3) is 0 Å². The zero-order valence-electron chi connectivity index (χ0n) is 10.00. The topological polar surface area (TPSA) is 57.2 Å². The minimum Gasteiger partial charge on any atom is -0.550 e. The fraction of sp³-hybridized carbons (Fsp3) is 0.143. The monoisotopic (exact) mass is 291 g/mol. The number of carbonyl (C=O) groups is 2. The van der Waals surface area contributed by atoms with Gasteiger partial charge in [-0.1, -0.05) is 18.2 Å². The van der Waals surface area contributed by atoms with Gasteiger partial charge in [0.05, 0.1) is 10.6 Å². The van der Waals surface area contributed by atoms with Crippen LogP contribution in [0.4, 0.5) is 0 Å². The second-order valence-electron chi connectivity index (χ2n) is 3.84. The molecular weight excluding hydrogens is 280 g/mol. The molecule has 19 heavy (non-hydrogen) atoms. The highest BCUT2D eigenvalue weighted by atomic mass is 32.2. The molecule has 2 rings (SSSR count). The summed E-state index contributed by atoms with van der Waals surface area (Å²) in [5, 5.41) is 10.5. The number of hydrogen-bond acceptors (Lipinski definition) is 5. The smallest absolute Gasteiger partial charge is 0.182 e. The first kappa shape index (κ1) is 13.8. The van der Waals surface area contributed by atoms with E-state index in [0.717, 1.165) is 4.90 Å².